The first-order valence-corrected chi connectivity index (χ1v) is 7.59. The van der Waals surface area contributed by atoms with Crippen LogP contribution in [0.15, 0.2) is 0 Å². The third kappa shape index (κ3) is 6.31. The normalized spacial score (nSPS) is 17.5. The van der Waals surface area contributed by atoms with Crippen molar-refractivity contribution < 1.29 is 24.5 Å². The molecule has 1 fully saturated rings. The number of nitrogens with one attached hydrogen (secondary N) is 1. The van der Waals surface area contributed by atoms with E-state index in [1.54, 1.807) is 4.90 Å². The van der Waals surface area contributed by atoms with Crippen molar-refractivity contribution in [3.63, 3.8) is 0 Å². The zero-order valence-electron chi connectivity index (χ0n) is 12.6. The number of carbonyl (C=O) groups is 2. The highest BCUT2D eigenvalue weighted by Crippen LogP contribution is 2.14. The summed E-state index contributed by atoms with van der Waals surface area (Å²) in [7, 11) is 0. The quantitative estimate of drug-likeness (QED) is 0.616. The second-order valence-electron chi connectivity index (χ2n) is 5.26. The maximum Gasteiger partial charge on any atom is 0.326 e. The van der Waals surface area contributed by atoms with Crippen molar-refractivity contribution in [3.8, 4) is 0 Å². The number of urea groups is 1. The van der Waals surface area contributed by atoms with Gasteiger partial charge < -0.3 is 25.2 Å². The topological polar surface area (TPSA) is 99.1 Å². The van der Waals surface area contributed by atoms with Gasteiger partial charge in [0.2, 0.25) is 0 Å². The fourth-order valence-corrected chi connectivity index (χ4v) is 2.35. The Morgan fingerprint density at radius 3 is 2.57 bits per heavy atom. The lowest BCUT2D eigenvalue weighted by Crippen LogP contribution is -2.51. The summed E-state index contributed by atoms with van der Waals surface area (Å²) in [6.07, 6.45) is 3.60. The molecule has 2 amide bonds. The van der Waals surface area contributed by atoms with Gasteiger partial charge in [0.1, 0.15) is 6.04 Å². The number of hydrogen-bond acceptors (Lipinski definition) is 4. The average molecular weight is 302 g/mol. The second-order valence-corrected chi connectivity index (χ2v) is 5.26. The predicted octanol–water partition coefficient (Wildman–Crippen LogP) is 0.813. The summed E-state index contributed by atoms with van der Waals surface area (Å²) in [4.78, 5) is 24.8. The fourth-order valence-electron chi connectivity index (χ4n) is 2.35. The van der Waals surface area contributed by atoms with E-state index in [0.717, 1.165) is 12.8 Å². The number of aliphatic hydroxyl groups excluding tert-OH is 1. The highest BCUT2D eigenvalue weighted by molar-refractivity contribution is 5.82. The standard InChI is InChI=1S/C14H26N2O5/c1-2-3-4-12(13(18)19)15-14(20)16-7-5-11(6-8-16)21-10-9-17/h11-12,17H,2-10H2,1H3,(H,15,20)(H,18,19). The Morgan fingerprint density at radius 1 is 1.38 bits per heavy atom. The Balaban J connectivity index is 2.36. The van der Waals surface area contributed by atoms with Crippen LogP contribution in [-0.2, 0) is 9.53 Å². The van der Waals surface area contributed by atoms with Gasteiger partial charge in [0.15, 0.2) is 0 Å². The van der Waals surface area contributed by atoms with Crippen molar-refractivity contribution in [2.24, 2.45) is 0 Å². The van der Waals surface area contributed by atoms with Crippen molar-refractivity contribution in [1.82, 2.24) is 10.2 Å². The van der Waals surface area contributed by atoms with E-state index in [9.17, 15) is 9.59 Å². The van der Waals surface area contributed by atoms with Gasteiger partial charge >= 0.3 is 12.0 Å². The van der Waals surface area contributed by atoms with Gasteiger partial charge in [-0.15, -0.1) is 0 Å². The number of rotatable bonds is 8. The fraction of sp³-hybridized carbons (Fsp3) is 0.857. The maximum absolute atomic E-state index is 12.1. The van der Waals surface area contributed by atoms with E-state index >= 15 is 0 Å². The summed E-state index contributed by atoms with van der Waals surface area (Å²) in [6, 6.07) is -1.14. The zero-order chi connectivity index (χ0) is 15.7. The minimum atomic E-state index is -0.988. The predicted molar refractivity (Wildman–Crippen MR) is 77.1 cm³/mol. The summed E-state index contributed by atoms with van der Waals surface area (Å²) in [5, 5.41) is 20.4. The van der Waals surface area contributed by atoms with Crippen LogP contribution in [-0.4, -0.2) is 65.6 Å². The van der Waals surface area contributed by atoms with Crippen molar-refractivity contribution in [2.75, 3.05) is 26.3 Å². The van der Waals surface area contributed by atoms with E-state index in [4.69, 9.17) is 14.9 Å². The number of likely N-dealkylation sites (tertiary alicyclic amines) is 1. The van der Waals surface area contributed by atoms with Gasteiger partial charge in [-0.05, 0) is 19.3 Å². The van der Waals surface area contributed by atoms with Gasteiger partial charge in [0.05, 0.1) is 19.3 Å². The summed E-state index contributed by atoms with van der Waals surface area (Å²) < 4.78 is 5.43. The molecule has 1 atom stereocenters. The molecule has 0 saturated carbocycles. The second kappa shape index (κ2) is 9.57. The molecule has 3 N–H and O–H groups in total. The average Bonchev–Trinajstić information content (AvgIpc) is 2.49. The molecule has 1 unspecified atom stereocenters. The molecule has 0 aromatic heterocycles. The Kier molecular flexibility index (Phi) is 8.07. The molecular weight excluding hydrogens is 276 g/mol. The number of aliphatic hydroxyl groups is 1. The molecule has 0 radical (unpaired) electrons. The van der Waals surface area contributed by atoms with E-state index in [1.165, 1.54) is 0 Å². The Hall–Kier alpha value is -1.34. The van der Waals surface area contributed by atoms with E-state index in [1.807, 2.05) is 6.92 Å². The van der Waals surface area contributed by atoms with Gasteiger partial charge in [-0.25, -0.2) is 9.59 Å². The smallest absolute Gasteiger partial charge is 0.326 e. The molecule has 122 valence electrons. The van der Waals surface area contributed by atoms with E-state index in [0.29, 0.717) is 39.0 Å². The van der Waals surface area contributed by atoms with Crippen LogP contribution in [0.2, 0.25) is 0 Å². The number of carboxylic acid groups (broad SMARTS) is 1. The number of aliphatic carboxylic acids is 1. The molecule has 21 heavy (non-hydrogen) atoms. The molecular formula is C14H26N2O5. The maximum atomic E-state index is 12.1. The van der Waals surface area contributed by atoms with Crippen molar-refractivity contribution >= 4 is 12.0 Å². The van der Waals surface area contributed by atoms with Crippen LogP contribution in [0.1, 0.15) is 39.0 Å². The number of nitrogens with zero attached hydrogens (tertiary/aromatic N) is 1. The van der Waals surface area contributed by atoms with E-state index < -0.39 is 12.0 Å². The first-order valence-electron chi connectivity index (χ1n) is 7.59. The molecule has 0 spiro atoms. The highest BCUT2D eigenvalue weighted by Gasteiger charge is 2.26. The molecule has 1 aliphatic heterocycles. The lowest BCUT2D eigenvalue weighted by molar-refractivity contribution is -0.139. The molecule has 0 aromatic rings. The van der Waals surface area contributed by atoms with Gasteiger partial charge in [-0.2, -0.15) is 0 Å². The minimum absolute atomic E-state index is 0.00157. The van der Waals surface area contributed by atoms with Crippen LogP contribution in [0, 0.1) is 0 Å². The number of hydrogen-bond donors (Lipinski definition) is 3. The van der Waals surface area contributed by atoms with Gasteiger partial charge in [0, 0.05) is 13.1 Å². The van der Waals surface area contributed by atoms with Crippen molar-refractivity contribution in [2.45, 2.75) is 51.2 Å². The van der Waals surface area contributed by atoms with Crippen LogP contribution in [0.25, 0.3) is 0 Å². The SMILES string of the molecule is CCCCC(NC(=O)N1CCC(OCCO)CC1)C(=O)O. The minimum Gasteiger partial charge on any atom is -0.480 e. The lowest BCUT2D eigenvalue weighted by atomic mass is 10.1. The first-order chi connectivity index (χ1) is 10.1. The first kappa shape index (κ1) is 17.7. The molecule has 0 aromatic carbocycles. The largest absolute Gasteiger partial charge is 0.480 e. The van der Waals surface area contributed by atoms with E-state index in [2.05, 4.69) is 5.32 Å². The highest BCUT2D eigenvalue weighted by atomic mass is 16.5. The molecule has 1 rings (SSSR count). The monoisotopic (exact) mass is 302 g/mol. The molecule has 7 heteroatoms. The molecule has 1 saturated heterocycles. The molecule has 1 aliphatic rings. The number of amides is 2. The Morgan fingerprint density at radius 2 is 2.05 bits per heavy atom. The third-order valence-corrected chi connectivity index (χ3v) is 3.62. The lowest BCUT2D eigenvalue weighted by Gasteiger charge is -2.32. The molecule has 7 nitrogen and oxygen atoms in total. The Labute approximate surface area is 125 Å². The molecule has 1 heterocycles. The number of carbonyl (C=O) groups excluding carboxylic acids is 1. The van der Waals surface area contributed by atoms with Crippen LogP contribution in [0.3, 0.4) is 0 Å². The number of carboxylic acids is 1. The van der Waals surface area contributed by atoms with Crippen LogP contribution in [0.5, 0.6) is 0 Å². The summed E-state index contributed by atoms with van der Waals surface area (Å²) >= 11 is 0. The van der Waals surface area contributed by atoms with Crippen molar-refractivity contribution in [3.05, 3.63) is 0 Å². The van der Waals surface area contributed by atoms with Gasteiger partial charge in [0.25, 0.3) is 0 Å². The zero-order valence-corrected chi connectivity index (χ0v) is 12.6. The third-order valence-electron chi connectivity index (χ3n) is 3.62. The van der Waals surface area contributed by atoms with Crippen molar-refractivity contribution in [1.29, 1.82) is 0 Å². The van der Waals surface area contributed by atoms with Crippen LogP contribution >= 0.6 is 0 Å². The number of ether oxygens (including phenoxy) is 1. The molecule has 0 bridgehead atoms. The Bertz CT molecular complexity index is 329. The summed E-state index contributed by atoms with van der Waals surface area (Å²) in [5.41, 5.74) is 0. The van der Waals surface area contributed by atoms with Crippen LogP contribution < -0.4 is 5.32 Å². The number of unbranched alkanes of at least 4 members (excludes halogenated alkanes) is 1. The van der Waals surface area contributed by atoms with Crippen LogP contribution in [0.4, 0.5) is 4.79 Å². The van der Waals surface area contributed by atoms with Gasteiger partial charge in [-0.3, -0.25) is 0 Å². The molecule has 0 aliphatic carbocycles. The number of piperidine rings is 1. The summed E-state index contributed by atoms with van der Waals surface area (Å²) in [5.74, 6) is -0.988. The van der Waals surface area contributed by atoms with E-state index in [-0.39, 0.29) is 18.7 Å². The summed E-state index contributed by atoms with van der Waals surface area (Å²) in [6.45, 7) is 3.38. The van der Waals surface area contributed by atoms with Gasteiger partial charge in [-0.1, -0.05) is 19.8 Å².